The molecule has 0 atom stereocenters. The van der Waals surface area contributed by atoms with Gasteiger partial charge in [-0.2, -0.15) is 5.10 Å². The summed E-state index contributed by atoms with van der Waals surface area (Å²) in [5.74, 6) is 1.11. The lowest BCUT2D eigenvalue weighted by Gasteiger charge is -2.26. The highest BCUT2D eigenvalue weighted by Gasteiger charge is 2.21. The Hall–Kier alpha value is -1.56. The maximum absolute atomic E-state index is 11.4. The predicted octanol–water partition coefficient (Wildman–Crippen LogP) is 1.18. The van der Waals surface area contributed by atoms with Crippen LogP contribution in [0.1, 0.15) is 38.4 Å². The minimum atomic E-state index is -0.318. The van der Waals surface area contributed by atoms with Crippen LogP contribution in [-0.2, 0) is 18.4 Å². The molecule has 0 aliphatic rings. The number of aromatic nitrogens is 2. The van der Waals surface area contributed by atoms with E-state index in [4.69, 9.17) is 5.73 Å². The monoisotopic (exact) mass is 295 g/mol. The van der Waals surface area contributed by atoms with E-state index in [-0.39, 0.29) is 12.5 Å². The van der Waals surface area contributed by atoms with Crippen molar-refractivity contribution in [2.24, 2.45) is 18.7 Å². The molecule has 0 spiro atoms. The van der Waals surface area contributed by atoms with Gasteiger partial charge < -0.3 is 16.0 Å². The van der Waals surface area contributed by atoms with E-state index in [1.54, 1.807) is 0 Å². The van der Waals surface area contributed by atoms with E-state index in [0.717, 1.165) is 43.1 Å². The topological polar surface area (TPSA) is 76.2 Å². The standard InChI is InChI=1S/C15H29N5O/c1-6-7-17-8-13-12(4)18-19(5)15(13)20(9-11(2)3)10-14(16)21/h11,17H,6-10H2,1-5H3,(H2,16,21). The van der Waals surface area contributed by atoms with E-state index < -0.39 is 0 Å². The first-order valence-corrected chi connectivity index (χ1v) is 7.63. The number of carbonyl (C=O) groups is 1. The van der Waals surface area contributed by atoms with Crippen molar-refractivity contribution < 1.29 is 4.79 Å². The van der Waals surface area contributed by atoms with E-state index in [2.05, 4.69) is 31.2 Å². The third-order valence-electron chi connectivity index (χ3n) is 3.27. The lowest BCUT2D eigenvalue weighted by atomic mass is 10.1. The zero-order valence-electron chi connectivity index (χ0n) is 13.9. The fourth-order valence-electron chi connectivity index (χ4n) is 2.54. The number of nitrogens with one attached hydrogen (secondary N) is 1. The van der Waals surface area contributed by atoms with Crippen LogP contribution in [0.15, 0.2) is 0 Å². The Morgan fingerprint density at radius 3 is 2.67 bits per heavy atom. The third kappa shape index (κ3) is 5.04. The lowest BCUT2D eigenvalue weighted by Crippen LogP contribution is -2.38. The lowest BCUT2D eigenvalue weighted by molar-refractivity contribution is -0.116. The van der Waals surface area contributed by atoms with Gasteiger partial charge in [-0.25, -0.2) is 0 Å². The normalized spacial score (nSPS) is 11.1. The molecule has 1 aromatic rings. The molecule has 0 aromatic carbocycles. The molecule has 1 amide bonds. The number of anilines is 1. The second-order valence-electron chi connectivity index (χ2n) is 5.93. The van der Waals surface area contributed by atoms with Crippen molar-refractivity contribution in [3.63, 3.8) is 0 Å². The molecule has 6 heteroatoms. The van der Waals surface area contributed by atoms with Gasteiger partial charge in [0.25, 0.3) is 0 Å². The summed E-state index contributed by atoms with van der Waals surface area (Å²) in [6.45, 7) is 11.1. The van der Waals surface area contributed by atoms with Crippen LogP contribution in [0, 0.1) is 12.8 Å². The summed E-state index contributed by atoms with van der Waals surface area (Å²) in [4.78, 5) is 13.4. The van der Waals surface area contributed by atoms with Crippen LogP contribution in [0.4, 0.5) is 5.82 Å². The number of primary amides is 1. The average molecular weight is 295 g/mol. The highest BCUT2D eigenvalue weighted by molar-refractivity contribution is 5.79. The highest BCUT2D eigenvalue weighted by atomic mass is 16.1. The van der Waals surface area contributed by atoms with Crippen molar-refractivity contribution in [3.05, 3.63) is 11.3 Å². The van der Waals surface area contributed by atoms with Crippen LogP contribution in [0.2, 0.25) is 0 Å². The second-order valence-corrected chi connectivity index (χ2v) is 5.93. The molecule has 0 saturated heterocycles. The molecule has 0 bridgehead atoms. The Labute approximate surface area is 127 Å². The number of aryl methyl sites for hydroxylation is 2. The Morgan fingerprint density at radius 1 is 1.48 bits per heavy atom. The van der Waals surface area contributed by atoms with Crippen LogP contribution in [-0.4, -0.2) is 35.3 Å². The zero-order valence-corrected chi connectivity index (χ0v) is 13.9. The molecule has 0 radical (unpaired) electrons. The molecule has 1 rings (SSSR count). The molecular formula is C15H29N5O. The van der Waals surface area contributed by atoms with Gasteiger partial charge in [-0.1, -0.05) is 20.8 Å². The molecule has 1 aromatic heterocycles. The van der Waals surface area contributed by atoms with Crippen LogP contribution in [0.5, 0.6) is 0 Å². The van der Waals surface area contributed by atoms with Gasteiger partial charge in [-0.3, -0.25) is 9.48 Å². The van der Waals surface area contributed by atoms with Gasteiger partial charge in [-0.05, 0) is 25.8 Å². The van der Waals surface area contributed by atoms with E-state index in [9.17, 15) is 4.79 Å². The van der Waals surface area contributed by atoms with E-state index in [1.807, 2.05) is 23.6 Å². The first kappa shape index (κ1) is 17.5. The molecule has 21 heavy (non-hydrogen) atoms. The van der Waals surface area contributed by atoms with Crippen molar-refractivity contribution in [1.82, 2.24) is 15.1 Å². The van der Waals surface area contributed by atoms with Crippen molar-refractivity contribution >= 4 is 11.7 Å². The Kier molecular flexibility index (Phi) is 6.68. The molecule has 0 aliphatic heterocycles. The predicted molar refractivity (Wildman–Crippen MR) is 86.2 cm³/mol. The summed E-state index contributed by atoms with van der Waals surface area (Å²) in [5.41, 5.74) is 7.55. The Bertz CT molecular complexity index is 467. The fourth-order valence-corrected chi connectivity index (χ4v) is 2.54. The van der Waals surface area contributed by atoms with Crippen molar-refractivity contribution in [1.29, 1.82) is 0 Å². The fraction of sp³-hybridized carbons (Fsp3) is 0.733. The molecule has 6 nitrogen and oxygen atoms in total. The number of nitrogens with zero attached hydrogens (tertiary/aromatic N) is 3. The molecule has 3 N–H and O–H groups in total. The first-order chi connectivity index (χ1) is 9.86. The summed E-state index contributed by atoms with van der Waals surface area (Å²) in [5, 5.41) is 7.92. The van der Waals surface area contributed by atoms with Gasteiger partial charge >= 0.3 is 0 Å². The molecule has 0 fully saturated rings. The quantitative estimate of drug-likeness (QED) is 0.671. The number of amides is 1. The number of hydrogen-bond donors (Lipinski definition) is 2. The van der Waals surface area contributed by atoms with Crippen LogP contribution in [0.25, 0.3) is 0 Å². The first-order valence-electron chi connectivity index (χ1n) is 7.63. The Balaban J connectivity index is 3.06. The molecular weight excluding hydrogens is 266 g/mol. The van der Waals surface area contributed by atoms with Crippen molar-refractivity contribution in [2.45, 2.75) is 40.7 Å². The molecule has 1 heterocycles. The van der Waals surface area contributed by atoms with Crippen molar-refractivity contribution in [3.8, 4) is 0 Å². The van der Waals surface area contributed by atoms with Gasteiger partial charge in [-0.15, -0.1) is 0 Å². The minimum absolute atomic E-state index is 0.220. The number of carbonyl (C=O) groups excluding carboxylic acids is 1. The summed E-state index contributed by atoms with van der Waals surface area (Å²) < 4.78 is 1.85. The van der Waals surface area contributed by atoms with E-state index in [1.165, 1.54) is 0 Å². The largest absolute Gasteiger partial charge is 0.368 e. The van der Waals surface area contributed by atoms with Gasteiger partial charge in [0, 0.05) is 25.7 Å². The van der Waals surface area contributed by atoms with Crippen LogP contribution < -0.4 is 16.0 Å². The van der Waals surface area contributed by atoms with Gasteiger partial charge in [0.05, 0.1) is 12.2 Å². The average Bonchev–Trinajstić information content (AvgIpc) is 2.62. The number of nitrogens with two attached hydrogens (primary N) is 1. The summed E-state index contributed by atoms with van der Waals surface area (Å²) in [6, 6.07) is 0. The second kappa shape index (κ2) is 8.02. The summed E-state index contributed by atoms with van der Waals surface area (Å²) in [7, 11) is 1.92. The van der Waals surface area contributed by atoms with Crippen LogP contribution in [0.3, 0.4) is 0 Å². The molecule has 0 aliphatic carbocycles. The number of hydrogen-bond acceptors (Lipinski definition) is 4. The zero-order chi connectivity index (χ0) is 16.0. The van der Waals surface area contributed by atoms with Crippen LogP contribution >= 0.6 is 0 Å². The van der Waals surface area contributed by atoms with Gasteiger partial charge in [0.1, 0.15) is 5.82 Å². The summed E-state index contributed by atoms with van der Waals surface area (Å²) in [6.07, 6.45) is 1.09. The van der Waals surface area contributed by atoms with Crippen molar-refractivity contribution in [2.75, 3.05) is 24.5 Å². The maximum atomic E-state index is 11.4. The highest BCUT2D eigenvalue weighted by Crippen LogP contribution is 2.24. The summed E-state index contributed by atoms with van der Waals surface area (Å²) >= 11 is 0. The number of rotatable bonds is 9. The third-order valence-corrected chi connectivity index (χ3v) is 3.27. The molecule has 120 valence electrons. The Morgan fingerprint density at radius 2 is 2.14 bits per heavy atom. The smallest absolute Gasteiger partial charge is 0.236 e. The van der Waals surface area contributed by atoms with E-state index >= 15 is 0 Å². The van der Waals surface area contributed by atoms with Gasteiger partial charge in [0.2, 0.25) is 5.91 Å². The maximum Gasteiger partial charge on any atom is 0.236 e. The molecule has 0 unspecified atom stereocenters. The van der Waals surface area contributed by atoms with Gasteiger partial charge in [0.15, 0.2) is 0 Å². The SMILES string of the molecule is CCCNCc1c(C)nn(C)c1N(CC(N)=O)CC(C)C. The minimum Gasteiger partial charge on any atom is -0.368 e. The van der Waals surface area contributed by atoms with E-state index in [0.29, 0.717) is 5.92 Å². The molecule has 0 saturated carbocycles.